The molecule has 3 N–H and O–H groups in total. The molecular formula is C13H21N3O. The van der Waals surface area contributed by atoms with Crippen molar-refractivity contribution in [2.24, 2.45) is 10.9 Å². The van der Waals surface area contributed by atoms with Gasteiger partial charge in [-0.3, -0.25) is 4.90 Å². The van der Waals surface area contributed by atoms with Crippen LogP contribution in [0.4, 0.5) is 0 Å². The Balaban J connectivity index is 2.32. The molecule has 0 aliphatic rings. The van der Waals surface area contributed by atoms with Gasteiger partial charge in [0.1, 0.15) is 0 Å². The summed E-state index contributed by atoms with van der Waals surface area (Å²) in [4.78, 5) is 2.08. The molecule has 1 aromatic carbocycles. The zero-order valence-electron chi connectivity index (χ0n) is 10.5. The van der Waals surface area contributed by atoms with E-state index in [1.165, 1.54) is 5.56 Å². The Kier molecular flexibility index (Phi) is 5.49. The van der Waals surface area contributed by atoms with Crippen LogP contribution in [-0.2, 0) is 6.42 Å². The van der Waals surface area contributed by atoms with Gasteiger partial charge in [0.25, 0.3) is 0 Å². The third-order valence-corrected chi connectivity index (χ3v) is 3.02. The third kappa shape index (κ3) is 4.44. The highest BCUT2D eigenvalue weighted by molar-refractivity contribution is 5.84. The molecule has 0 aromatic heterocycles. The lowest BCUT2D eigenvalue weighted by Crippen LogP contribution is -2.41. The maximum absolute atomic E-state index is 8.59. The summed E-state index contributed by atoms with van der Waals surface area (Å²) in [6.07, 6.45) is 2.11. The summed E-state index contributed by atoms with van der Waals surface area (Å²) in [6.45, 7) is 2.85. The smallest absolute Gasteiger partial charge is 0.156 e. The van der Waals surface area contributed by atoms with Crippen molar-refractivity contribution in [3.05, 3.63) is 35.9 Å². The summed E-state index contributed by atoms with van der Waals surface area (Å²) in [5.41, 5.74) is 6.90. The van der Waals surface area contributed by atoms with Gasteiger partial charge in [0.05, 0.1) is 6.04 Å². The molecule has 94 valence electrons. The predicted molar refractivity (Wildman–Crippen MR) is 70.3 cm³/mol. The molecule has 0 saturated carbocycles. The van der Waals surface area contributed by atoms with E-state index >= 15 is 0 Å². The van der Waals surface area contributed by atoms with Crippen molar-refractivity contribution < 1.29 is 5.21 Å². The van der Waals surface area contributed by atoms with E-state index in [-0.39, 0.29) is 11.9 Å². The summed E-state index contributed by atoms with van der Waals surface area (Å²) in [6, 6.07) is 10.4. The zero-order valence-corrected chi connectivity index (χ0v) is 10.5. The van der Waals surface area contributed by atoms with Crippen LogP contribution in [0.5, 0.6) is 0 Å². The molecule has 4 heteroatoms. The number of nitrogens with zero attached hydrogens (tertiary/aromatic N) is 2. The standard InChI is InChI=1S/C13H21N3O/c1-11(13(14)15-17)16(2)10-6-9-12-7-4-3-5-8-12/h3-5,7-8,11,17H,6,9-10H2,1-2H3,(H2,14,15). The maximum atomic E-state index is 8.59. The second-order valence-corrected chi connectivity index (χ2v) is 4.27. The molecule has 0 saturated heterocycles. The van der Waals surface area contributed by atoms with Gasteiger partial charge < -0.3 is 10.9 Å². The number of likely N-dealkylation sites (N-methyl/N-ethyl adjacent to an activating group) is 1. The third-order valence-electron chi connectivity index (χ3n) is 3.02. The lowest BCUT2D eigenvalue weighted by Gasteiger charge is -2.23. The Labute approximate surface area is 103 Å². The van der Waals surface area contributed by atoms with Gasteiger partial charge in [0, 0.05) is 0 Å². The Morgan fingerprint density at radius 3 is 2.65 bits per heavy atom. The van der Waals surface area contributed by atoms with Gasteiger partial charge in [-0.1, -0.05) is 35.5 Å². The first-order valence-corrected chi connectivity index (χ1v) is 5.86. The summed E-state index contributed by atoms with van der Waals surface area (Å²) in [7, 11) is 1.98. The Morgan fingerprint density at radius 1 is 1.41 bits per heavy atom. The minimum atomic E-state index is -0.0317. The fourth-order valence-corrected chi connectivity index (χ4v) is 1.68. The molecule has 17 heavy (non-hydrogen) atoms. The predicted octanol–water partition coefficient (Wildman–Crippen LogP) is 1.69. The molecule has 0 aliphatic carbocycles. The molecule has 1 atom stereocenters. The molecule has 0 spiro atoms. The summed E-state index contributed by atoms with van der Waals surface area (Å²) < 4.78 is 0. The fourth-order valence-electron chi connectivity index (χ4n) is 1.68. The lowest BCUT2D eigenvalue weighted by atomic mass is 10.1. The van der Waals surface area contributed by atoms with Crippen LogP contribution in [0.2, 0.25) is 0 Å². The molecule has 0 radical (unpaired) electrons. The number of benzene rings is 1. The number of rotatable bonds is 6. The molecule has 0 heterocycles. The summed E-state index contributed by atoms with van der Waals surface area (Å²) >= 11 is 0. The van der Waals surface area contributed by atoms with Crippen molar-refractivity contribution >= 4 is 5.84 Å². The quantitative estimate of drug-likeness (QED) is 0.341. The molecule has 0 fully saturated rings. The van der Waals surface area contributed by atoms with Crippen molar-refractivity contribution in [3.63, 3.8) is 0 Å². The Bertz CT molecular complexity index is 351. The van der Waals surface area contributed by atoms with E-state index in [0.717, 1.165) is 19.4 Å². The van der Waals surface area contributed by atoms with Crippen molar-refractivity contribution in [2.75, 3.05) is 13.6 Å². The van der Waals surface area contributed by atoms with Gasteiger partial charge in [-0.15, -0.1) is 0 Å². The van der Waals surface area contributed by atoms with Crippen molar-refractivity contribution in [1.82, 2.24) is 4.90 Å². The first kappa shape index (κ1) is 13.5. The molecule has 1 aromatic rings. The molecule has 0 bridgehead atoms. The van der Waals surface area contributed by atoms with E-state index in [9.17, 15) is 0 Å². The first-order chi connectivity index (χ1) is 8.15. The van der Waals surface area contributed by atoms with E-state index in [4.69, 9.17) is 10.9 Å². The SMILES string of the molecule is CC(C(N)=NO)N(C)CCCc1ccccc1. The van der Waals surface area contributed by atoms with Crippen LogP contribution < -0.4 is 5.73 Å². The second-order valence-electron chi connectivity index (χ2n) is 4.27. The number of amidine groups is 1. The average Bonchev–Trinajstić information content (AvgIpc) is 2.38. The van der Waals surface area contributed by atoms with Gasteiger partial charge in [-0.25, -0.2) is 0 Å². The topological polar surface area (TPSA) is 61.9 Å². The lowest BCUT2D eigenvalue weighted by molar-refractivity contribution is 0.282. The van der Waals surface area contributed by atoms with Crippen LogP contribution in [0.15, 0.2) is 35.5 Å². The highest BCUT2D eigenvalue weighted by atomic mass is 16.4. The van der Waals surface area contributed by atoms with E-state index in [1.807, 2.05) is 20.0 Å². The molecular weight excluding hydrogens is 214 g/mol. The average molecular weight is 235 g/mol. The molecule has 0 amide bonds. The normalized spacial score (nSPS) is 13.9. The van der Waals surface area contributed by atoms with Crippen LogP contribution in [0.25, 0.3) is 0 Å². The number of hydrogen-bond donors (Lipinski definition) is 2. The maximum Gasteiger partial charge on any atom is 0.156 e. The van der Waals surface area contributed by atoms with Crippen molar-refractivity contribution in [2.45, 2.75) is 25.8 Å². The van der Waals surface area contributed by atoms with Gasteiger partial charge >= 0.3 is 0 Å². The highest BCUT2D eigenvalue weighted by Crippen LogP contribution is 2.04. The van der Waals surface area contributed by atoms with Gasteiger partial charge in [-0.2, -0.15) is 0 Å². The number of oxime groups is 1. The van der Waals surface area contributed by atoms with E-state index in [1.54, 1.807) is 0 Å². The van der Waals surface area contributed by atoms with Gasteiger partial charge in [0.2, 0.25) is 0 Å². The largest absolute Gasteiger partial charge is 0.409 e. The van der Waals surface area contributed by atoms with Crippen molar-refractivity contribution in [3.8, 4) is 0 Å². The molecule has 4 nitrogen and oxygen atoms in total. The molecule has 1 rings (SSSR count). The number of aryl methyl sites for hydroxylation is 1. The first-order valence-electron chi connectivity index (χ1n) is 5.86. The zero-order chi connectivity index (χ0) is 12.7. The minimum absolute atomic E-state index is 0.0317. The van der Waals surface area contributed by atoms with Crippen LogP contribution in [0, 0.1) is 0 Å². The Hall–Kier alpha value is -1.55. The second kappa shape index (κ2) is 6.91. The Morgan fingerprint density at radius 2 is 2.06 bits per heavy atom. The minimum Gasteiger partial charge on any atom is -0.409 e. The number of nitrogens with two attached hydrogens (primary N) is 1. The van der Waals surface area contributed by atoms with Gasteiger partial charge in [-0.05, 0) is 38.9 Å². The van der Waals surface area contributed by atoms with Gasteiger partial charge in [0.15, 0.2) is 5.84 Å². The summed E-state index contributed by atoms with van der Waals surface area (Å²) in [5.74, 6) is 0.257. The van der Waals surface area contributed by atoms with E-state index in [0.29, 0.717) is 0 Å². The van der Waals surface area contributed by atoms with E-state index in [2.05, 4.69) is 34.3 Å². The number of hydrogen-bond acceptors (Lipinski definition) is 3. The fraction of sp³-hybridized carbons (Fsp3) is 0.462. The molecule has 1 unspecified atom stereocenters. The monoisotopic (exact) mass is 235 g/mol. The molecule has 0 aliphatic heterocycles. The van der Waals surface area contributed by atoms with E-state index < -0.39 is 0 Å². The van der Waals surface area contributed by atoms with Crippen LogP contribution in [0.1, 0.15) is 18.9 Å². The highest BCUT2D eigenvalue weighted by Gasteiger charge is 2.12. The van der Waals surface area contributed by atoms with Crippen LogP contribution in [0.3, 0.4) is 0 Å². The van der Waals surface area contributed by atoms with Crippen molar-refractivity contribution in [1.29, 1.82) is 0 Å². The van der Waals surface area contributed by atoms with Crippen LogP contribution >= 0.6 is 0 Å². The van der Waals surface area contributed by atoms with Crippen LogP contribution in [-0.4, -0.2) is 35.6 Å². The summed E-state index contributed by atoms with van der Waals surface area (Å²) in [5, 5.41) is 11.6.